The van der Waals surface area contributed by atoms with Crippen LogP contribution in [0.2, 0.25) is 5.02 Å². The summed E-state index contributed by atoms with van der Waals surface area (Å²) in [6.45, 7) is 0. The van der Waals surface area contributed by atoms with Crippen molar-refractivity contribution in [2.45, 2.75) is 0 Å². The molecule has 0 unspecified atom stereocenters. The van der Waals surface area contributed by atoms with Crippen LogP contribution in [0.1, 0.15) is 10.4 Å². The van der Waals surface area contributed by atoms with Crippen LogP contribution in [-0.4, -0.2) is 21.2 Å². The van der Waals surface area contributed by atoms with Crippen molar-refractivity contribution in [3.63, 3.8) is 0 Å². The second-order valence-electron chi connectivity index (χ2n) is 4.01. The highest BCUT2D eigenvalue weighted by Crippen LogP contribution is 2.26. The molecule has 0 N–H and O–H groups in total. The number of rotatable bonds is 3. The Morgan fingerprint density at radius 1 is 1.15 bits per heavy atom. The Labute approximate surface area is 124 Å². The molecular formula is C14H8ClN3OS. The third kappa shape index (κ3) is 2.45. The Kier molecular flexibility index (Phi) is 3.54. The van der Waals surface area contributed by atoms with Gasteiger partial charge in [-0.2, -0.15) is 0 Å². The van der Waals surface area contributed by atoms with Crippen molar-refractivity contribution < 1.29 is 4.79 Å². The number of aromatic nitrogens is 3. The molecule has 3 rings (SSSR count). The molecule has 2 aromatic heterocycles. The lowest BCUT2D eigenvalue weighted by molar-refractivity contribution is 0.112. The van der Waals surface area contributed by atoms with Crippen molar-refractivity contribution in [1.82, 2.24) is 15.0 Å². The van der Waals surface area contributed by atoms with Crippen LogP contribution in [0.5, 0.6) is 0 Å². The average Bonchev–Trinajstić information content (AvgIpc) is 3.01. The maximum Gasteiger partial charge on any atom is 0.171 e. The van der Waals surface area contributed by atoms with E-state index in [2.05, 4.69) is 15.0 Å². The van der Waals surface area contributed by atoms with Gasteiger partial charge in [-0.15, -0.1) is 11.3 Å². The van der Waals surface area contributed by atoms with Crippen LogP contribution in [0, 0.1) is 0 Å². The van der Waals surface area contributed by atoms with E-state index >= 15 is 0 Å². The van der Waals surface area contributed by atoms with Crippen molar-refractivity contribution >= 4 is 29.2 Å². The molecule has 0 aliphatic carbocycles. The summed E-state index contributed by atoms with van der Waals surface area (Å²) in [5.41, 5.74) is 3.79. The summed E-state index contributed by atoms with van der Waals surface area (Å²) in [5.74, 6) is 0.623. The lowest BCUT2D eigenvalue weighted by atomic mass is 10.0. The molecule has 98 valence electrons. The molecular weight excluding hydrogens is 294 g/mol. The highest BCUT2D eigenvalue weighted by atomic mass is 35.5. The largest absolute Gasteiger partial charge is 0.298 e. The summed E-state index contributed by atoms with van der Waals surface area (Å²) in [6, 6.07) is 5.15. The smallest absolute Gasteiger partial charge is 0.171 e. The second kappa shape index (κ2) is 5.48. The monoisotopic (exact) mass is 301 g/mol. The molecule has 0 atom stereocenters. The summed E-state index contributed by atoms with van der Waals surface area (Å²) in [6.07, 6.45) is 5.88. The van der Waals surface area contributed by atoms with Crippen molar-refractivity contribution in [1.29, 1.82) is 0 Å². The normalized spacial score (nSPS) is 10.4. The summed E-state index contributed by atoms with van der Waals surface area (Å²) >= 11 is 7.36. The maximum atomic E-state index is 11.1. The lowest BCUT2D eigenvalue weighted by Gasteiger charge is -2.05. The Hall–Kier alpha value is -2.11. The Bertz CT molecular complexity index is 742. The van der Waals surface area contributed by atoms with Gasteiger partial charge in [-0.1, -0.05) is 17.7 Å². The molecule has 0 bridgehead atoms. The van der Waals surface area contributed by atoms with Gasteiger partial charge in [-0.05, 0) is 17.7 Å². The molecule has 6 heteroatoms. The lowest BCUT2D eigenvalue weighted by Crippen LogP contribution is -1.91. The Morgan fingerprint density at radius 3 is 2.60 bits per heavy atom. The predicted molar refractivity (Wildman–Crippen MR) is 79.0 cm³/mol. The highest BCUT2D eigenvalue weighted by molar-refractivity contribution is 7.13. The molecule has 3 aromatic rings. The first-order chi connectivity index (χ1) is 9.78. The Balaban J connectivity index is 2.01. The SMILES string of the molecule is O=Cc1cc(Cl)ccc1-c1cnc(-c2cncs2)nc1. The van der Waals surface area contributed by atoms with Crippen molar-refractivity contribution in [2.75, 3.05) is 0 Å². The molecule has 0 radical (unpaired) electrons. The van der Waals surface area contributed by atoms with E-state index in [-0.39, 0.29) is 0 Å². The summed E-state index contributed by atoms with van der Waals surface area (Å²) in [5, 5.41) is 0.526. The molecule has 4 nitrogen and oxygen atoms in total. The van der Waals surface area contributed by atoms with E-state index in [0.29, 0.717) is 16.4 Å². The van der Waals surface area contributed by atoms with E-state index in [4.69, 9.17) is 11.6 Å². The molecule has 2 heterocycles. The van der Waals surface area contributed by atoms with Gasteiger partial charge in [0.05, 0.1) is 10.4 Å². The molecule has 20 heavy (non-hydrogen) atoms. The molecule has 1 aromatic carbocycles. The third-order valence-electron chi connectivity index (χ3n) is 2.76. The van der Waals surface area contributed by atoms with Crippen LogP contribution in [0.3, 0.4) is 0 Å². The van der Waals surface area contributed by atoms with Gasteiger partial charge in [0.1, 0.15) is 0 Å². The number of thiazole rings is 1. The van der Waals surface area contributed by atoms with E-state index < -0.39 is 0 Å². The van der Waals surface area contributed by atoms with E-state index in [1.54, 1.807) is 42.3 Å². The number of carbonyl (C=O) groups is 1. The van der Waals surface area contributed by atoms with Gasteiger partial charge in [-0.3, -0.25) is 9.78 Å². The summed E-state index contributed by atoms with van der Waals surface area (Å²) in [4.78, 5) is 24.6. The van der Waals surface area contributed by atoms with Crippen LogP contribution < -0.4 is 0 Å². The predicted octanol–water partition coefficient (Wildman–Crippen LogP) is 3.73. The molecule has 0 saturated carbocycles. The van der Waals surface area contributed by atoms with E-state index in [9.17, 15) is 4.79 Å². The zero-order chi connectivity index (χ0) is 13.9. The van der Waals surface area contributed by atoms with Crippen molar-refractivity contribution in [3.8, 4) is 21.8 Å². The van der Waals surface area contributed by atoms with Crippen LogP contribution in [0.25, 0.3) is 21.8 Å². The van der Waals surface area contributed by atoms with Crippen molar-refractivity contribution in [3.05, 3.63) is 52.9 Å². The van der Waals surface area contributed by atoms with Gasteiger partial charge in [0.15, 0.2) is 12.1 Å². The first kappa shape index (κ1) is 12.9. The maximum absolute atomic E-state index is 11.1. The Morgan fingerprint density at radius 2 is 1.95 bits per heavy atom. The van der Waals surface area contributed by atoms with Crippen LogP contribution >= 0.6 is 22.9 Å². The fourth-order valence-electron chi connectivity index (χ4n) is 1.81. The number of hydrogen-bond acceptors (Lipinski definition) is 5. The van der Waals surface area contributed by atoms with E-state index in [1.165, 1.54) is 11.3 Å². The van der Waals surface area contributed by atoms with E-state index in [1.807, 2.05) is 0 Å². The van der Waals surface area contributed by atoms with Gasteiger partial charge in [0, 0.05) is 34.7 Å². The van der Waals surface area contributed by atoms with E-state index in [0.717, 1.165) is 22.3 Å². The number of carbonyl (C=O) groups excluding carboxylic acids is 1. The van der Waals surface area contributed by atoms with Gasteiger partial charge >= 0.3 is 0 Å². The minimum Gasteiger partial charge on any atom is -0.298 e. The second-order valence-corrected chi connectivity index (χ2v) is 5.33. The number of hydrogen-bond donors (Lipinski definition) is 0. The minimum absolute atomic E-state index is 0.520. The van der Waals surface area contributed by atoms with Gasteiger partial charge in [-0.25, -0.2) is 9.97 Å². The third-order valence-corrected chi connectivity index (χ3v) is 3.76. The number of halogens is 1. The molecule has 0 fully saturated rings. The highest BCUT2D eigenvalue weighted by Gasteiger charge is 2.08. The summed E-state index contributed by atoms with van der Waals surface area (Å²) < 4.78 is 0. The topological polar surface area (TPSA) is 55.7 Å². The number of benzene rings is 1. The quantitative estimate of drug-likeness (QED) is 0.692. The fraction of sp³-hybridized carbons (Fsp3) is 0. The average molecular weight is 302 g/mol. The van der Waals surface area contributed by atoms with Crippen LogP contribution in [0.15, 0.2) is 42.3 Å². The fourth-order valence-corrected chi connectivity index (χ4v) is 2.56. The van der Waals surface area contributed by atoms with Gasteiger partial charge in [0.2, 0.25) is 0 Å². The minimum atomic E-state index is 0.520. The van der Waals surface area contributed by atoms with Crippen molar-refractivity contribution in [2.24, 2.45) is 0 Å². The number of nitrogens with zero attached hydrogens (tertiary/aromatic N) is 3. The zero-order valence-electron chi connectivity index (χ0n) is 10.2. The summed E-state index contributed by atoms with van der Waals surface area (Å²) in [7, 11) is 0. The first-order valence-electron chi connectivity index (χ1n) is 5.74. The first-order valence-corrected chi connectivity index (χ1v) is 6.99. The van der Waals surface area contributed by atoms with Gasteiger partial charge < -0.3 is 0 Å². The standard InChI is InChI=1S/C14H8ClN3OS/c15-11-1-2-12(9(3-11)7-19)10-4-17-14(18-5-10)13-6-16-8-20-13/h1-8H. The van der Waals surface area contributed by atoms with Crippen LogP contribution in [0.4, 0.5) is 0 Å². The molecule has 0 spiro atoms. The van der Waals surface area contributed by atoms with Crippen LogP contribution in [-0.2, 0) is 0 Å². The molecule has 0 saturated heterocycles. The number of aldehydes is 1. The molecule has 0 aliphatic heterocycles. The zero-order valence-corrected chi connectivity index (χ0v) is 11.7. The molecule has 0 amide bonds. The molecule has 0 aliphatic rings. The van der Waals surface area contributed by atoms with Gasteiger partial charge in [0.25, 0.3) is 0 Å².